The number of nitrogens with one attached hydrogen (secondary N) is 1. The summed E-state index contributed by atoms with van der Waals surface area (Å²) in [5.74, 6) is 1.97. The Kier molecular flexibility index (Phi) is 4.84. The molecule has 2 aromatic carbocycles. The predicted molar refractivity (Wildman–Crippen MR) is 122 cm³/mol. The minimum atomic E-state index is 0.642. The molecule has 0 spiro atoms. The summed E-state index contributed by atoms with van der Waals surface area (Å²) >= 11 is 0. The first kappa shape index (κ1) is 18.9. The smallest absolute Gasteiger partial charge is 0.180 e. The zero-order valence-electron chi connectivity index (χ0n) is 17.2. The highest BCUT2D eigenvalue weighted by Gasteiger charge is 2.12. The molecule has 7 nitrogen and oxygen atoms in total. The van der Waals surface area contributed by atoms with Gasteiger partial charge in [0.15, 0.2) is 23.0 Å². The van der Waals surface area contributed by atoms with Crippen molar-refractivity contribution in [2.45, 2.75) is 6.42 Å². The summed E-state index contributed by atoms with van der Waals surface area (Å²) in [4.78, 5) is 13.7. The second-order valence-electron chi connectivity index (χ2n) is 7.07. The van der Waals surface area contributed by atoms with Gasteiger partial charge in [0.1, 0.15) is 0 Å². The second kappa shape index (κ2) is 7.95. The molecule has 1 aliphatic rings. The number of benzene rings is 2. The lowest BCUT2D eigenvalue weighted by Gasteiger charge is -2.13. The van der Waals surface area contributed by atoms with E-state index in [4.69, 9.17) is 14.5 Å². The van der Waals surface area contributed by atoms with Crippen LogP contribution in [-0.2, 0) is 0 Å². The lowest BCUT2D eigenvalue weighted by atomic mass is 10.0. The van der Waals surface area contributed by atoms with Crippen molar-refractivity contribution in [3.63, 3.8) is 0 Å². The summed E-state index contributed by atoms with van der Waals surface area (Å²) in [5, 5.41) is 3.37. The number of aliphatic imine (C=N–C) groups is 1. The fourth-order valence-electron chi connectivity index (χ4n) is 3.59. The molecule has 0 unspecified atom stereocenters. The Balaban J connectivity index is 1.50. The van der Waals surface area contributed by atoms with Gasteiger partial charge in [-0.25, -0.2) is 9.97 Å². The lowest BCUT2D eigenvalue weighted by molar-refractivity contribution is 0.355. The van der Waals surface area contributed by atoms with E-state index < -0.39 is 0 Å². The lowest BCUT2D eigenvalue weighted by Crippen LogP contribution is -2.01. The second-order valence-corrected chi connectivity index (χ2v) is 7.07. The van der Waals surface area contributed by atoms with Gasteiger partial charge in [0.05, 0.1) is 25.6 Å². The fourth-order valence-corrected chi connectivity index (χ4v) is 3.59. The van der Waals surface area contributed by atoms with Crippen molar-refractivity contribution in [2.75, 3.05) is 19.5 Å². The average molecular weight is 411 g/mol. The third-order valence-corrected chi connectivity index (χ3v) is 5.18. The topological polar surface area (TPSA) is 73.0 Å². The van der Waals surface area contributed by atoms with E-state index in [0.29, 0.717) is 17.3 Å². The van der Waals surface area contributed by atoms with Crippen LogP contribution in [0.3, 0.4) is 0 Å². The number of ether oxygens (including phenoxy) is 2. The molecule has 31 heavy (non-hydrogen) atoms. The van der Waals surface area contributed by atoms with Crippen LogP contribution in [0.15, 0.2) is 78.3 Å². The number of anilines is 2. The van der Waals surface area contributed by atoms with Crippen molar-refractivity contribution in [1.82, 2.24) is 14.4 Å². The van der Waals surface area contributed by atoms with Crippen LogP contribution >= 0.6 is 0 Å². The molecular weight excluding hydrogens is 390 g/mol. The van der Waals surface area contributed by atoms with Crippen molar-refractivity contribution in [1.29, 1.82) is 0 Å². The first-order valence-corrected chi connectivity index (χ1v) is 9.90. The summed E-state index contributed by atoms with van der Waals surface area (Å²) in [7, 11) is 3.23. The quantitative estimate of drug-likeness (QED) is 0.490. The van der Waals surface area contributed by atoms with E-state index in [9.17, 15) is 0 Å². The summed E-state index contributed by atoms with van der Waals surface area (Å²) in [5.41, 5.74) is 5.63. The molecule has 0 saturated carbocycles. The van der Waals surface area contributed by atoms with Gasteiger partial charge in [0, 0.05) is 48.5 Å². The van der Waals surface area contributed by atoms with E-state index in [0.717, 1.165) is 40.3 Å². The van der Waals surface area contributed by atoms with Crippen LogP contribution in [0.2, 0.25) is 0 Å². The fraction of sp³-hybridized carbons (Fsp3) is 0.125. The number of imidazole rings is 1. The van der Waals surface area contributed by atoms with Gasteiger partial charge in [-0.3, -0.25) is 4.99 Å². The molecule has 1 aliphatic heterocycles. The molecule has 1 N–H and O–H groups in total. The zero-order chi connectivity index (χ0) is 21.2. The summed E-state index contributed by atoms with van der Waals surface area (Å²) in [6.45, 7) is 0. The van der Waals surface area contributed by atoms with Gasteiger partial charge in [0.2, 0.25) is 0 Å². The first-order chi connectivity index (χ1) is 15.2. The summed E-state index contributed by atoms with van der Waals surface area (Å²) < 4.78 is 12.7. The molecule has 0 amide bonds. The number of hydrogen-bond acceptors (Lipinski definition) is 6. The third kappa shape index (κ3) is 3.61. The maximum Gasteiger partial charge on any atom is 0.180 e. The van der Waals surface area contributed by atoms with Crippen LogP contribution in [0.25, 0.3) is 16.9 Å². The maximum absolute atomic E-state index is 5.41. The molecule has 0 saturated heterocycles. The van der Waals surface area contributed by atoms with Crippen LogP contribution in [0.1, 0.15) is 12.0 Å². The molecule has 2 aromatic heterocycles. The van der Waals surface area contributed by atoms with Crippen molar-refractivity contribution in [3.8, 4) is 22.8 Å². The van der Waals surface area contributed by atoms with E-state index in [1.807, 2.05) is 41.2 Å². The van der Waals surface area contributed by atoms with Gasteiger partial charge in [-0.15, -0.1) is 0 Å². The normalized spacial score (nSPS) is 12.8. The molecule has 0 bridgehead atoms. The van der Waals surface area contributed by atoms with Crippen molar-refractivity contribution in [3.05, 3.63) is 78.9 Å². The zero-order valence-corrected chi connectivity index (χ0v) is 17.2. The standard InChI is InChI=1S/C24H21N5O2/c1-30-21-10-9-18(14-22(21)31-2)27-23-24-26-12-13-29(24)15-20(28-23)17-7-5-16(6-8-17)19-4-3-11-25-19/h3,5-15H,4H2,1-2H3,(H,27,28). The van der Waals surface area contributed by atoms with E-state index in [1.165, 1.54) is 0 Å². The molecule has 4 aromatic rings. The Morgan fingerprint density at radius 2 is 1.77 bits per heavy atom. The average Bonchev–Trinajstić information content (AvgIpc) is 3.51. The van der Waals surface area contributed by atoms with Crippen LogP contribution < -0.4 is 14.8 Å². The Hall–Kier alpha value is -4.13. The van der Waals surface area contributed by atoms with Crippen LogP contribution in [0.5, 0.6) is 11.5 Å². The van der Waals surface area contributed by atoms with Crippen molar-refractivity contribution < 1.29 is 9.47 Å². The number of nitrogens with zero attached hydrogens (tertiary/aromatic N) is 4. The maximum atomic E-state index is 5.41. The number of aromatic nitrogens is 3. The molecule has 0 fully saturated rings. The molecule has 154 valence electrons. The molecule has 0 atom stereocenters. The number of hydrogen-bond donors (Lipinski definition) is 1. The number of allylic oxidation sites excluding steroid dienone is 1. The van der Waals surface area contributed by atoms with Gasteiger partial charge in [0.25, 0.3) is 0 Å². The van der Waals surface area contributed by atoms with Gasteiger partial charge in [-0.1, -0.05) is 30.3 Å². The Morgan fingerprint density at radius 3 is 2.52 bits per heavy atom. The third-order valence-electron chi connectivity index (χ3n) is 5.18. The summed E-state index contributed by atoms with van der Waals surface area (Å²) in [6, 6.07) is 14.0. The number of rotatable bonds is 6. The Bertz CT molecular complexity index is 1310. The molecule has 0 aliphatic carbocycles. The molecule has 0 radical (unpaired) electrons. The number of methoxy groups -OCH3 is 2. The van der Waals surface area contributed by atoms with E-state index in [-0.39, 0.29) is 0 Å². The highest BCUT2D eigenvalue weighted by atomic mass is 16.5. The monoisotopic (exact) mass is 411 g/mol. The van der Waals surface area contributed by atoms with Crippen molar-refractivity contribution >= 4 is 22.9 Å². The van der Waals surface area contributed by atoms with Crippen LogP contribution in [-0.4, -0.2) is 34.3 Å². The minimum Gasteiger partial charge on any atom is -0.493 e. The van der Waals surface area contributed by atoms with E-state index in [1.54, 1.807) is 20.4 Å². The largest absolute Gasteiger partial charge is 0.493 e. The van der Waals surface area contributed by atoms with E-state index in [2.05, 4.69) is 45.6 Å². The van der Waals surface area contributed by atoms with Crippen LogP contribution in [0.4, 0.5) is 11.5 Å². The van der Waals surface area contributed by atoms with Gasteiger partial charge >= 0.3 is 0 Å². The molecular formula is C24H21N5O2. The highest BCUT2D eigenvalue weighted by Crippen LogP contribution is 2.32. The highest BCUT2D eigenvalue weighted by molar-refractivity contribution is 6.03. The summed E-state index contributed by atoms with van der Waals surface area (Å²) in [6.07, 6.45) is 10.4. The SMILES string of the molecule is COc1ccc(Nc2nc(-c3ccc(C4=NC=CC4)cc3)cn3ccnc23)cc1OC. The van der Waals surface area contributed by atoms with Crippen LogP contribution in [0, 0.1) is 0 Å². The first-order valence-electron chi connectivity index (χ1n) is 9.90. The van der Waals surface area contributed by atoms with Crippen molar-refractivity contribution in [2.24, 2.45) is 4.99 Å². The minimum absolute atomic E-state index is 0.642. The van der Waals surface area contributed by atoms with Gasteiger partial charge in [-0.05, 0) is 17.7 Å². The molecule has 7 heteroatoms. The van der Waals surface area contributed by atoms with Gasteiger partial charge in [-0.2, -0.15) is 0 Å². The molecule has 3 heterocycles. The Morgan fingerprint density at radius 1 is 0.968 bits per heavy atom. The van der Waals surface area contributed by atoms with E-state index >= 15 is 0 Å². The predicted octanol–water partition coefficient (Wildman–Crippen LogP) is 4.86. The van der Waals surface area contributed by atoms with Gasteiger partial charge < -0.3 is 19.2 Å². The Labute approximate surface area is 179 Å². The molecule has 5 rings (SSSR count). The number of fused-ring (bicyclic) bond motifs is 1.